The van der Waals surface area contributed by atoms with Crippen molar-refractivity contribution in [2.24, 2.45) is 7.05 Å². The van der Waals surface area contributed by atoms with Gasteiger partial charge in [0.1, 0.15) is 5.01 Å². The lowest BCUT2D eigenvalue weighted by Gasteiger charge is -2.28. The van der Waals surface area contributed by atoms with Crippen molar-refractivity contribution in [1.29, 1.82) is 0 Å². The van der Waals surface area contributed by atoms with E-state index in [0.29, 0.717) is 10.6 Å². The highest BCUT2D eigenvalue weighted by molar-refractivity contribution is 7.22. The van der Waals surface area contributed by atoms with Crippen LogP contribution in [0.15, 0.2) is 54.9 Å². The summed E-state index contributed by atoms with van der Waals surface area (Å²) in [5, 5.41) is 11.7. The first kappa shape index (κ1) is 24.4. The number of aryl methyl sites for hydroxylation is 2. The zero-order valence-corrected chi connectivity index (χ0v) is 22.2. The Labute approximate surface area is 218 Å². The topological polar surface area (TPSA) is 77.2 Å². The number of thiazole rings is 1. The van der Waals surface area contributed by atoms with Crippen molar-refractivity contribution < 1.29 is 14.6 Å². The number of imidazole rings is 1. The van der Waals surface area contributed by atoms with E-state index in [0.717, 1.165) is 48.5 Å². The van der Waals surface area contributed by atoms with E-state index in [-0.39, 0.29) is 0 Å². The maximum absolute atomic E-state index is 12.5. The zero-order valence-electron chi connectivity index (χ0n) is 20.7. The molecule has 0 aliphatic heterocycles. The molecule has 0 saturated carbocycles. The number of aliphatic carboxylic acids is 1. The van der Waals surface area contributed by atoms with Gasteiger partial charge in [-0.1, -0.05) is 23.7 Å². The third-order valence-electron chi connectivity index (χ3n) is 5.99. The Bertz CT molecular complexity index is 1610. The van der Waals surface area contributed by atoms with Crippen molar-refractivity contribution in [1.82, 2.24) is 14.5 Å². The number of nitrogens with zero attached hydrogens (tertiary/aromatic N) is 3. The normalized spacial score (nSPS) is 12.9. The molecule has 0 bridgehead atoms. The number of carboxylic acid groups (broad SMARTS) is 1. The van der Waals surface area contributed by atoms with Crippen LogP contribution in [0.25, 0.3) is 42.9 Å². The molecule has 5 aromatic rings. The molecule has 1 atom stereocenters. The number of benzene rings is 3. The van der Waals surface area contributed by atoms with Gasteiger partial charge in [0, 0.05) is 28.8 Å². The van der Waals surface area contributed by atoms with Crippen LogP contribution in [0.2, 0.25) is 5.02 Å². The van der Waals surface area contributed by atoms with Crippen LogP contribution in [0.1, 0.15) is 38.0 Å². The van der Waals surface area contributed by atoms with Gasteiger partial charge in [-0.2, -0.15) is 0 Å². The van der Waals surface area contributed by atoms with E-state index in [1.807, 2.05) is 87.8 Å². The molecule has 0 aliphatic rings. The van der Waals surface area contributed by atoms with Crippen LogP contribution < -0.4 is 0 Å². The van der Waals surface area contributed by atoms with Crippen molar-refractivity contribution in [3.05, 3.63) is 71.0 Å². The fourth-order valence-corrected chi connectivity index (χ4v) is 5.68. The first-order chi connectivity index (χ1) is 17.0. The molecule has 8 heteroatoms. The summed E-state index contributed by atoms with van der Waals surface area (Å²) in [7, 11) is 1.97. The Morgan fingerprint density at radius 1 is 1.08 bits per heavy atom. The molecule has 0 spiro atoms. The number of ether oxygens (including phenoxy) is 1. The lowest BCUT2D eigenvalue weighted by atomic mass is 9.91. The third-order valence-corrected chi connectivity index (χ3v) is 7.38. The van der Waals surface area contributed by atoms with E-state index in [1.165, 1.54) is 11.3 Å². The van der Waals surface area contributed by atoms with Crippen LogP contribution in [-0.4, -0.2) is 31.2 Å². The molecule has 6 nitrogen and oxygen atoms in total. The van der Waals surface area contributed by atoms with Crippen molar-refractivity contribution in [3.8, 4) is 21.7 Å². The minimum absolute atomic E-state index is 0.610. The number of halogens is 1. The molecule has 2 heterocycles. The van der Waals surface area contributed by atoms with Gasteiger partial charge in [-0.3, -0.25) is 0 Å². The predicted octanol–water partition coefficient (Wildman–Crippen LogP) is 7.42. The Balaban J connectivity index is 1.78. The number of fused-ring (bicyclic) bond motifs is 2. The summed E-state index contributed by atoms with van der Waals surface area (Å²) < 4.78 is 8.97. The van der Waals surface area contributed by atoms with Gasteiger partial charge in [0.05, 0.1) is 33.2 Å². The summed E-state index contributed by atoms with van der Waals surface area (Å²) in [5.74, 6) is -1.03. The van der Waals surface area contributed by atoms with Gasteiger partial charge in [-0.25, -0.2) is 14.8 Å². The first-order valence-electron chi connectivity index (χ1n) is 11.5. The molecule has 5 rings (SSSR count). The van der Waals surface area contributed by atoms with E-state index >= 15 is 0 Å². The standard InChI is InChI=1S/C28H26ClN3O3S/c1-15-12-20-25(36-26(31-20)17-8-11-21-19(13-17)30-14-32(21)5)23(16-6-9-18(29)10-7-16)22(15)24(27(33)34)35-28(2,3)4/h6-14,24H,1-5H3,(H,33,34). The molecule has 184 valence electrons. The summed E-state index contributed by atoms with van der Waals surface area (Å²) in [5.41, 5.74) is 6.16. The first-order valence-corrected chi connectivity index (χ1v) is 12.7. The van der Waals surface area contributed by atoms with E-state index in [9.17, 15) is 9.90 Å². The molecular weight excluding hydrogens is 494 g/mol. The van der Waals surface area contributed by atoms with Gasteiger partial charge in [0.25, 0.3) is 0 Å². The fraction of sp³-hybridized carbons (Fsp3) is 0.250. The van der Waals surface area contributed by atoms with Crippen molar-refractivity contribution in [2.75, 3.05) is 0 Å². The monoisotopic (exact) mass is 519 g/mol. The second-order valence-corrected chi connectivity index (χ2v) is 11.3. The lowest BCUT2D eigenvalue weighted by molar-refractivity contribution is -0.160. The molecular formula is C28H26ClN3O3S. The molecule has 0 aliphatic carbocycles. The summed E-state index contributed by atoms with van der Waals surface area (Å²) in [6.07, 6.45) is 0.651. The SMILES string of the molecule is Cc1cc2nc(-c3ccc4c(c3)ncn4C)sc2c(-c2ccc(Cl)cc2)c1C(OC(C)(C)C)C(=O)O. The Kier molecular flexibility index (Phi) is 6.11. The minimum Gasteiger partial charge on any atom is -0.479 e. The summed E-state index contributed by atoms with van der Waals surface area (Å²) in [6.45, 7) is 7.49. The van der Waals surface area contributed by atoms with Gasteiger partial charge < -0.3 is 14.4 Å². The summed E-state index contributed by atoms with van der Waals surface area (Å²) in [6, 6.07) is 15.5. The molecule has 36 heavy (non-hydrogen) atoms. The second-order valence-electron chi connectivity index (χ2n) is 9.86. The van der Waals surface area contributed by atoms with Crippen LogP contribution in [0.4, 0.5) is 0 Å². The van der Waals surface area contributed by atoms with E-state index in [2.05, 4.69) is 4.98 Å². The quantitative estimate of drug-likeness (QED) is 0.261. The van der Waals surface area contributed by atoms with E-state index < -0.39 is 17.7 Å². The molecule has 0 amide bonds. The van der Waals surface area contributed by atoms with Gasteiger partial charge in [-0.05, 0) is 75.2 Å². The maximum Gasteiger partial charge on any atom is 0.337 e. The zero-order chi connectivity index (χ0) is 25.8. The molecule has 2 aromatic heterocycles. The molecule has 3 aromatic carbocycles. The highest BCUT2D eigenvalue weighted by Crippen LogP contribution is 2.44. The van der Waals surface area contributed by atoms with E-state index in [1.54, 1.807) is 6.33 Å². The lowest BCUT2D eigenvalue weighted by Crippen LogP contribution is -2.28. The molecule has 0 fully saturated rings. The Hall–Kier alpha value is -3.26. The number of carbonyl (C=O) groups is 1. The number of hydrogen-bond acceptors (Lipinski definition) is 5. The van der Waals surface area contributed by atoms with Gasteiger partial charge in [-0.15, -0.1) is 11.3 Å². The molecule has 0 saturated heterocycles. The second kappa shape index (κ2) is 9.00. The number of rotatable bonds is 5. The van der Waals surface area contributed by atoms with Crippen LogP contribution in [-0.2, 0) is 16.6 Å². The molecule has 0 radical (unpaired) electrons. The largest absolute Gasteiger partial charge is 0.479 e. The highest BCUT2D eigenvalue weighted by atomic mass is 35.5. The van der Waals surface area contributed by atoms with Crippen molar-refractivity contribution >= 4 is 50.2 Å². The van der Waals surface area contributed by atoms with Crippen molar-refractivity contribution in [3.63, 3.8) is 0 Å². The number of hydrogen-bond donors (Lipinski definition) is 1. The minimum atomic E-state index is -1.14. The van der Waals surface area contributed by atoms with E-state index in [4.69, 9.17) is 21.3 Å². The van der Waals surface area contributed by atoms with Crippen LogP contribution in [0.3, 0.4) is 0 Å². The third kappa shape index (κ3) is 4.50. The number of aromatic nitrogens is 3. The smallest absolute Gasteiger partial charge is 0.337 e. The van der Waals surface area contributed by atoms with Gasteiger partial charge in [0.15, 0.2) is 6.10 Å². The van der Waals surface area contributed by atoms with Gasteiger partial charge >= 0.3 is 5.97 Å². The average molecular weight is 520 g/mol. The summed E-state index contributed by atoms with van der Waals surface area (Å²) >= 11 is 7.72. The Morgan fingerprint density at radius 2 is 1.78 bits per heavy atom. The Morgan fingerprint density at radius 3 is 2.44 bits per heavy atom. The summed E-state index contributed by atoms with van der Waals surface area (Å²) in [4.78, 5) is 21.9. The average Bonchev–Trinajstić information content (AvgIpc) is 3.40. The fourth-order valence-electron chi connectivity index (χ4n) is 4.43. The van der Waals surface area contributed by atoms with Crippen LogP contribution in [0.5, 0.6) is 0 Å². The van der Waals surface area contributed by atoms with Crippen molar-refractivity contribution in [2.45, 2.75) is 39.4 Å². The van der Waals surface area contributed by atoms with Crippen LogP contribution >= 0.6 is 22.9 Å². The highest BCUT2D eigenvalue weighted by Gasteiger charge is 2.32. The maximum atomic E-state index is 12.5. The molecule has 1 unspecified atom stereocenters. The van der Waals surface area contributed by atoms with Gasteiger partial charge in [0.2, 0.25) is 0 Å². The predicted molar refractivity (Wildman–Crippen MR) is 146 cm³/mol. The molecule has 1 N–H and O–H groups in total. The number of carboxylic acids is 1. The van der Waals surface area contributed by atoms with Crippen LogP contribution in [0, 0.1) is 6.92 Å².